The van der Waals surface area contributed by atoms with E-state index in [9.17, 15) is 4.79 Å². The molecule has 0 bridgehead atoms. The minimum Gasteiger partial charge on any atom is -0.313 e. The SMILES string of the molecule is O=C1CNCC2=C3C=CCC=C3CCN12. The topological polar surface area (TPSA) is 32.3 Å². The van der Waals surface area contributed by atoms with Gasteiger partial charge in [-0.1, -0.05) is 18.2 Å². The van der Waals surface area contributed by atoms with Crippen molar-refractivity contribution >= 4 is 5.91 Å². The maximum atomic E-state index is 11.7. The van der Waals surface area contributed by atoms with E-state index in [1.54, 1.807) is 0 Å². The Kier molecular flexibility index (Phi) is 1.99. The first-order valence-corrected chi connectivity index (χ1v) is 5.46. The molecule has 1 N–H and O–H groups in total. The molecule has 3 heteroatoms. The molecule has 78 valence electrons. The molecule has 0 atom stereocenters. The first-order chi connectivity index (χ1) is 7.36. The Labute approximate surface area is 89.1 Å². The molecule has 3 nitrogen and oxygen atoms in total. The Morgan fingerprint density at radius 1 is 1.33 bits per heavy atom. The highest BCUT2D eigenvalue weighted by molar-refractivity contribution is 5.82. The predicted octanol–water partition coefficient (Wildman–Crippen LogP) is 0.962. The van der Waals surface area contributed by atoms with Gasteiger partial charge in [-0.05, 0) is 24.0 Å². The van der Waals surface area contributed by atoms with Crippen LogP contribution in [0.2, 0.25) is 0 Å². The number of rotatable bonds is 0. The van der Waals surface area contributed by atoms with E-state index in [1.165, 1.54) is 16.8 Å². The summed E-state index contributed by atoms with van der Waals surface area (Å²) in [5, 5.41) is 3.16. The molecule has 1 saturated heterocycles. The van der Waals surface area contributed by atoms with E-state index in [0.29, 0.717) is 6.54 Å². The van der Waals surface area contributed by atoms with Crippen molar-refractivity contribution in [1.82, 2.24) is 10.2 Å². The van der Waals surface area contributed by atoms with Crippen LogP contribution >= 0.6 is 0 Å². The lowest BCUT2D eigenvalue weighted by Gasteiger charge is -2.37. The number of fused-ring (bicyclic) bond motifs is 2. The molecule has 2 aliphatic heterocycles. The molecule has 2 heterocycles. The number of hydrogen-bond donors (Lipinski definition) is 1. The number of nitrogens with one attached hydrogen (secondary N) is 1. The van der Waals surface area contributed by atoms with E-state index in [-0.39, 0.29) is 5.91 Å². The zero-order valence-electron chi connectivity index (χ0n) is 8.62. The van der Waals surface area contributed by atoms with Gasteiger partial charge in [-0.15, -0.1) is 0 Å². The maximum Gasteiger partial charge on any atom is 0.240 e. The smallest absolute Gasteiger partial charge is 0.240 e. The van der Waals surface area contributed by atoms with E-state index in [2.05, 4.69) is 23.5 Å². The van der Waals surface area contributed by atoms with Crippen LogP contribution in [0.4, 0.5) is 0 Å². The second kappa shape index (κ2) is 3.35. The molecule has 1 amide bonds. The first-order valence-electron chi connectivity index (χ1n) is 5.46. The summed E-state index contributed by atoms with van der Waals surface area (Å²) >= 11 is 0. The number of carbonyl (C=O) groups is 1. The van der Waals surface area contributed by atoms with Gasteiger partial charge in [0.25, 0.3) is 0 Å². The average molecular weight is 202 g/mol. The molecule has 0 aromatic carbocycles. The third kappa shape index (κ3) is 1.35. The summed E-state index contributed by atoms with van der Waals surface area (Å²) < 4.78 is 0. The largest absolute Gasteiger partial charge is 0.313 e. The molecule has 1 fully saturated rings. The highest BCUT2D eigenvalue weighted by atomic mass is 16.2. The minimum absolute atomic E-state index is 0.210. The first kappa shape index (κ1) is 8.92. The summed E-state index contributed by atoms with van der Waals surface area (Å²) in [6.45, 7) is 2.17. The van der Waals surface area contributed by atoms with Crippen LogP contribution in [0.25, 0.3) is 0 Å². The van der Waals surface area contributed by atoms with Crippen molar-refractivity contribution in [3.63, 3.8) is 0 Å². The van der Waals surface area contributed by atoms with Gasteiger partial charge in [0.05, 0.1) is 6.54 Å². The van der Waals surface area contributed by atoms with Gasteiger partial charge < -0.3 is 10.2 Å². The van der Waals surface area contributed by atoms with Crippen molar-refractivity contribution in [2.45, 2.75) is 12.8 Å². The summed E-state index contributed by atoms with van der Waals surface area (Å²) in [7, 11) is 0. The summed E-state index contributed by atoms with van der Waals surface area (Å²) in [6, 6.07) is 0. The number of allylic oxidation sites excluding steroid dienone is 4. The monoisotopic (exact) mass is 202 g/mol. The lowest BCUT2D eigenvalue weighted by Crippen LogP contribution is -2.48. The average Bonchev–Trinajstić information content (AvgIpc) is 2.29. The van der Waals surface area contributed by atoms with E-state index in [4.69, 9.17) is 0 Å². The Morgan fingerprint density at radius 2 is 2.27 bits per heavy atom. The fourth-order valence-corrected chi connectivity index (χ4v) is 2.49. The number of amides is 1. The van der Waals surface area contributed by atoms with E-state index < -0.39 is 0 Å². The molecule has 15 heavy (non-hydrogen) atoms. The van der Waals surface area contributed by atoms with Crippen molar-refractivity contribution in [1.29, 1.82) is 0 Å². The number of hydrogen-bond acceptors (Lipinski definition) is 2. The highest BCUT2D eigenvalue weighted by Gasteiger charge is 2.29. The molecule has 3 aliphatic rings. The predicted molar refractivity (Wildman–Crippen MR) is 58.1 cm³/mol. The molecular weight excluding hydrogens is 188 g/mol. The van der Waals surface area contributed by atoms with Crippen molar-refractivity contribution in [3.05, 3.63) is 35.1 Å². The van der Waals surface area contributed by atoms with Crippen LogP contribution in [0.1, 0.15) is 12.8 Å². The second-order valence-electron chi connectivity index (χ2n) is 4.13. The standard InChI is InChI=1S/C12H14N2O/c15-12-8-13-7-11-10-4-2-1-3-9(10)5-6-14(11)12/h2-4,13H,1,5-8H2. The van der Waals surface area contributed by atoms with Crippen molar-refractivity contribution < 1.29 is 4.79 Å². The lowest BCUT2D eigenvalue weighted by atomic mass is 9.90. The minimum atomic E-state index is 0.210. The Balaban J connectivity index is 2.07. The van der Waals surface area contributed by atoms with Crippen molar-refractivity contribution in [3.8, 4) is 0 Å². The summed E-state index contributed by atoms with van der Waals surface area (Å²) in [4.78, 5) is 13.6. The maximum absolute atomic E-state index is 11.7. The molecule has 0 radical (unpaired) electrons. The van der Waals surface area contributed by atoms with Gasteiger partial charge in [-0.3, -0.25) is 4.79 Å². The summed E-state index contributed by atoms with van der Waals surface area (Å²) in [5.41, 5.74) is 3.85. The second-order valence-corrected chi connectivity index (χ2v) is 4.13. The quantitative estimate of drug-likeness (QED) is 0.634. The van der Waals surface area contributed by atoms with Gasteiger partial charge >= 0.3 is 0 Å². The molecule has 0 unspecified atom stereocenters. The Hall–Kier alpha value is -1.35. The highest BCUT2D eigenvalue weighted by Crippen LogP contribution is 2.31. The van der Waals surface area contributed by atoms with Gasteiger partial charge in [-0.25, -0.2) is 0 Å². The van der Waals surface area contributed by atoms with Crippen molar-refractivity contribution in [2.24, 2.45) is 0 Å². The lowest BCUT2D eigenvalue weighted by molar-refractivity contribution is -0.129. The molecule has 0 spiro atoms. The van der Waals surface area contributed by atoms with Gasteiger partial charge in [0.1, 0.15) is 0 Å². The van der Waals surface area contributed by atoms with Crippen LogP contribution in [0, 0.1) is 0 Å². The summed E-state index contributed by atoms with van der Waals surface area (Å²) in [6.07, 6.45) is 8.65. The van der Waals surface area contributed by atoms with Gasteiger partial charge in [0.2, 0.25) is 5.91 Å². The number of nitrogens with zero attached hydrogens (tertiary/aromatic N) is 1. The molecule has 3 rings (SSSR count). The summed E-state index contributed by atoms with van der Waals surface area (Å²) in [5.74, 6) is 0.210. The Morgan fingerprint density at radius 3 is 3.20 bits per heavy atom. The van der Waals surface area contributed by atoms with Gasteiger partial charge in [0.15, 0.2) is 0 Å². The normalized spacial score (nSPS) is 24.9. The fourth-order valence-electron chi connectivity index (χ4n) is 2.49. The zero-order valence-corrected chi connectivity index (χ0v) is 8.62. The molecule has 1 aliphatic carbocycles. The number of piperazine rings is 1. The van der Waals surface area contributed by atoms with Crippen LogP contribution in [0.3, 0.4) is 0 Å². The molecule has 0 aromatic rings. The third-order valence-corrected chi connectivity index (χ3v) is 3.24. The van der Waals surface area contributed by atoms with Crippen LogP contribution < -0.4 is 5.32 Å². The van der Waals surface area contributed by atoms with Gasteiger partial charge in [0, 0.05) is 18.8 Å². The van der Waals surface area contributed by atoms with E-state index in [0.717, 1.165) is 25.9 Å². The Bertz CT molecular complexity index is 404. The van der Waals surface area contributed by atoms with Crippen LogP contribution in [0.15, 0.2) is 35.1 Å². The fraction of sp³-hybridized carbons (Fsp3) is 0.417. The van der Waals surface area contributed by atoms with Crippen LogP contribution in [-0.4, -0.2) is 30.4 Å². The van der Waals surface area contributed by atoms with E-state index in [1.807, 2.05) is 4.90 Å². The molecule has 0 saturated carbocycles. The zero-order chi connectivity index (χ0) is 10.3. The van der Waals surface area contributed by atoms with Crippen LogP contribution in [0.5, 0.6) is 0 Å². The van der Waals surface area contributed by atoms with Crippen LogP contribution in [-0.2, 0) is 4.79 Å². The van der Waals surface area contributed by atoms with E-state index >= 15 is 0 Å². The number of carbonyl (C=O) groups excluding carboxylic acids is 1. The van der Waals surface area contributed by atoms with Crippen molar-refractivity contribution in [2.75, 3.05) is 19.6 Å². The van der Waals surface area contributed by atoms with Gasteiger partial charge in [-0.2, -0.15) is 0 Å². The molecule has 0 aromatic heterocycles. The molecular formula is C12H14N2O. The third-order valence-electron chi connectivity index (χ3n) is 3.24.